The molecule has 0 aliphatic carbocycles. The molecule has 0 fully saturated rings. The molecule has 2 aromatic carbocycles. The number of allylic oxidation sites excluding steroid dienone is 1. The van der Waals surface area contributed by atoms with Gasteiger partial charge in [-0.05, 0) is 61.6 Å². The number of methoxy groups -OCH3 is 1. The molecular weight excluding hydrogens is 480 g/mol. The van der Waals surface area contributed by atoms with Gasteiger partial charge in [0.25, 0.3) is 0 Å². The van der Waals surface area contributed by atoms with Gasteiger partial charge in [-0.2, -0.15) is 0 Å². The monoisotopic (exact) mass is 512 g/mol. The van der Waals surface area contributed by atoms with Crippen LogP contribution >= 0.6 is 11.8 Å². The average Bonchev–Trinajstić information content (AvgIpc) is 2.86. The Morgan fingerprint density at radius 3 is 2.47 bits per heavy atom. The molecule has 1 heterocycles. The minimum atomic E-state index is -0.732. The smallest absolute Gasteiger partial charge is 0.338 e. The van der Waals surface area contributed by atoms with Crippen LogP contribution in [0.4, 0.5) is 21.0 Å². The third-order valence-corrected chi connectivity index (χ3v) is 6.35. The van der Waals surface area contributed by atoms with Gasteiger partial charge in [0.15, 0.2) is 0 Å². The Hall–Kier alpha value is -3.50. The minimum absolute atomic E-state index is 0.0975. The van der Waals surface area contributed by atoms with Gasteiger partial charge >= 0.3 is 18.0 Å². The molecule has 2 aromatic rings. The van der Waals surface area contributed by atoms with E-state index in [-0.39, 0.29) is 19.2 Å². The maximum Gasteiger partial charge on any atom is 0.338 e. The second-order valence-electron chi connectivity index (χ2n) is 8.10. The molecule has 3 rings (SSSR count). The van der Waals surface area contributed by atoms with Crippen molar-refractivity contribution in [3.63, 3.8) is 0 Å². The predicted octanol–water partition coefficient (Wildman–Crippen LogP) is 4.99. The molecule has 1 unspecified atom stereocenters. The molecule has 1 atom stereocenters. The Balaban J connectivity index is 1.83. The van der Waals surface area contributed by atoms with Crippen LogP contribution in [0, 0.1) is 0 Å². The zero-order valence-corrected chi connectivity index (χ0v) is 21.7. The first-order valence-electron chi connectivity index (χ1n) is 11.6. The Bertz CT molecular complexity index is 1120. The summed E-state index contributed by atoms with van der Waals surface area (Å²) in [5.41, 5.74) is 2.70. The number of rotatable bonds is 10. The first-order valence-corrected chi connectivity index (χ1v) is 12.9. The number of nitrogens with zero attached hydrogens (tertiary/aromatic N) is 1. The van der Waals surface area contributed by atoms with Crippen molar-refractivity contribution in [1.29, 1.82) is 0 Å². The van der Waals surface area contributed by atoms with Gasteiger partial charge in [0.1, 0.15) is 6.61 Å². The second kappa shape index (κ2) is 13.0. The first-order chi connectivity index (χ1) is 17.4. The van der Waals surface area contributed by atoms with E-state index < -0.39 is 18.0 Å². The van der Waals surface area contributed by atoms with Gasteiger partial charge in [0.2, 0.25) is 0 Å². The molecule has 0 saturated heterocycles. The highest BCUT2D eigenvalue weighted by Crippen LogP contribution is 2.32. The topological polar surface area (TPSA) is 109 Å². The Morgan fingerprint density at radius 2 is 1.81 bits per heavy atom. The predicted molar refractivity (Wildman–Crippen MR) is 141 cm³/mol. The van der Waals surface area contributed by atoms with Crippen LogP contribution in [0.25, 0.3) is 0 Å². The molecule has 3 N–H and O–H groups in total. The highest BCUT2D eigenvalue weighted by Gasteiger charge is 2.36. The number of carbonyl (C=O) groups is 3. The Morgan fingerprint density at radius 1 is 1.08 bits per heavy atom. The third-order valence-electron chi connectivity index (χ3n) is 5.61. The van der Waals surface area contributed by atoms with Crippen LogP contribution in [-0.2, 0) is 14.3 Å². The van der Waals surface area contributed by atoms with Crippen LogP contribution in [0.15, 0.2) is 64.7 Å². The molecule has 36 heavy (non-hydrogen) atoms. The highest BCUT2D eigenvalue weighted by atomic mass is 32.2. The number of hydrogen-bond donors (Lipinski definition) is 3. The van der Waals surface area contributed by atoms with Gasteiger partial charge in [-0.1, -0.05) is 19.1 Å². The summed E-state index contributed by atoms with van der Waals surface area (Å²) in [6.45, 7) is 4.54. The summed E-state index contributed by atoms with van der Waals surface area (Å²) in [5.74, 6) is -0.527. The van der Waals surface area contributed by atoms with Crippen LogP contribution < -0.4 is 16.0 Å². The van der Waals surface area contributed by atoms with E-state index in [1.807, 2.05) is 37.4 Å². The fourth-order valence-electron chi connectivity index (χ4n) is 3.85. The van der Waals surface area contributed by atoms with Crippen molar-refractivity contribution in [2.24, 2.45) is 0 Å². The van der Waals surface area contributed by atoms with E-state index in [4.69, 9.17) is 9.47 Å². The molecule has 1 aliphatic rings. The average molecular weight is 513 g/mol. The molecule has 0 bridgehead atoms. The fourth-order valence-corrected chi connectivity index (χ4v) is 4.26. The summed E-state index contributed by atoms with van der Waals surface area (Å²) < 4.78 is 10.4. The van der Waals surface area contributed by atoms with Crippen molar-refractivity contribution in [3.8, 4) is 0 Å². The zero-order chi connectivity index (χ0) is 26.1. The van der Waals surface area contributed by atoms with Gasteiger partial charge in [-0.3, -0.25) is 4.90 Å². The van der Waals surface area contributed by atoms with Crippen molar-refractivity contribution in [2.75, 3.05) is 43.8 Å². The van der Waals surface area contributed by atoms with Gasteiger partial charge in [-0.15, -0.1) is 11.8 Å². The summed E-state index contributed by atoms with van der Waals surface area (Å²) in [6, 6.07) is 13.1. The molecular formula is C26H32N4O5S. The van der Waals surface area contributed by atoms with E-state index in [2.05, 4.69) is 16.0 Å². The number of esters is 1. The normalized spacial score (nSPS) is 15.4. The lowest BCUT2D eigenvalue weighted by Crippen LogP contribution is -2.48. The van der Waals surface area contributed by atoms with Crippen molar-refractivity contribution >= 4 is 41.2 Å². The van der Waals surface area contributed by atoms with Crippen molar-refractivity contribution < 1.29 is 23.9 Å². The van der Waals surface area contributed by atoms with Crippen molar-refractivity contribution in [1.82, 2.24) is 10.2 Å². The van der Waals surface area contributed by atoms with E-state index in [9.17, 15) is 14.4 Å². The molecule has 10 heteroatoms. The van der Waals surface area contributed by atoms with Crippen LogP contribution in [0.2, 0.25) is 0 Å². The summed E-state index contributed by atoms with van der Waals surface area (Å²) in [4.78, 5) is 41.1. The van der Waals surface area contributed by atoms with E-state index in [1.54, 1.807) is 47.9 Å². The van der Waals surface area contributed by atoms with Crippen LogP contribution in [0.5, 0.6) is 0 Å². The van der Waals surface area contributed by atoms with E-state index >= 15 is 0 Å². The first kappa shape index (κ1) is 27.1. The van der Waals surface area contributed by atoms with Gasteiger partial charge in [0, 0.05) is 35.6 Å². The SMILES string of the molecule is CCCN1C(=O)NC(c2cccc(NC(=O)Nc3ccc(SC)cc3)c2)C(C(=O)OCCOC)=C1C. The van der Waals surface area contributed by atoms with E-state index in [1.165, 1.54) is 7.11 Å². The summed E-state index contributed by atoms with van der Waals surface area (Å²) >= 11 is 1.62. The second-order valence-corrected chi connectivity index (χ2v) is 8.97. The molecule has 0 aromatic heterocycles. The molecule has 0 spiro atoms. The lowest BCUT2D eigenvalue weighted by molar-refractivity contribution is -0.140. The Kier molecular flexibility index (Phi) is 9.77. The van der Waals surface area contributed by atoms with Crippen molar-refractivity contribution in [2.45, 2.75) is 31.2 Å². The molecule has 0 saturated carbocycles. The quantitative estimate of drug-likeness (QED) is 0.235. The molecule has 4 amide bonds. The molecule has 0 radical (unpaired) electrons. The third kappa shape index (κ3) is 6.79. The summed E-state index contributed by atoms with van der Waals surface area (Å²) in [7, 11) is 1.53. The number of anilines is 2. The van der Waals surface area contributed by atoms with Gasteiger partial charge in [-0.25, -0.2) is 14.4 Å². The number of ether oxygens (including phenoxy) is 2. The minimum Gasteiger partial charge on any atom is -0.460 e. The maximum atomic E-state index is 13.0. The summed E-state index contributed by atoms with van der Waals surface area (Å²) in [6.07, 6.45) is 2.72. The fraction of sp³-hybridized carbons (Fsp3) is 0.346. The van der Waals surface area contributed by atoms with Gasteiger partial charge < -0.3 is 25.4 Å². The van der Waals surface area contributed by atoms with Crippen LogP contribution in [-0.4, -0.2) is 56.1 Å². The molecule has 9 nitrogen and oxygen atoms in total. The molecule has 1 aliphatic heterocycles. The number of amides is 4. The molecule has 192 valence electrons. The summed E-state index contributed by atoms with van der Waals surface area (Å²) in [5, 5.41) is 8.53. The largest absolute Gasteiger partial charge is 0.460 e. The zero-order valence-electron chi connectivity index (χ0n) is 20.9. The highest BCUT2D eigenvalue weighted by molar-refractivity contribution is 7.98. The number of thioether (sulfide) groups is 1. The number of hydrogen-bond acceptors (Lipinski definition) is 6. The maximum absolute atomic E-state index is 13.0. The number of nitrogens with one attached hydrogen (secondary N) is 3. The standard InChI is InChI=1S/C26H32N4O5S/c1-5-13-30-17(2)22(24(31)35-15-14-34-3)23(29-26(30)33)18-7-6-8-20(16-18)28-25(32)27-19-9-11-21(36-4)12-10-19/h6-12,16,23H,5,13-15H2,1-4H3,(H,29,33)(H2,27,28,32). The lowest BCUT2D eigenvalue weighted by atomic mass is 9.94. The van der Waals surface area contributed by atoms with E-state index in [0.29, 0.717) is 34.8 Å². The van der Waals surface area contributed by atoms with E-state index in [0.717, 1.165) is 11.3 Å². The van der Waals surface area contributed by atoms with Crippen LogP contribution in [0.1, 0.15) is 31.9 Å². The van der Waals surface area contributed by atoms with Crippen molar-refractivity contribution in [3.05, 3.63) is 65.4 Å². The van der Waals surface area contributed by atoms with Crippen LogP contribution in [0.3, 0.4) is 0 Å². The van der Waals surface area contributed by atoms with Gasteiger partial charge in [0.05, 0.1) is 18.2 Å². The number of benzene rings is 2. The number of urea groups is 2. The number of carbonyl (C=O) groups excluding carboxylic acids is 3. The Labute approximate surface area is 215 Å². The lowest BCUT2D eigenvalue weighted by Gasteiger charge is -2.35.